The molecule has 2 rings (SSSR count). The maximum Gasteiger partial charge on any atom is 0.126 e. The molecule has 64 valence electrons. The summed E-state index contributed by atoms with van der Waals surface area (Å²) in [7, 11) is 0. The largest absolute Gasteiger partial charge is 0.330 e. The summed E-state index contributed by atoms with van der Waals surface area (Å²) in [6, 6.07) is 2.84. The van der Waals surface area contributed by atoms with Gasteiger partial charge in [-0.25, -0.2) is 4.39 Å². The van der Waals surface area contributed by atoms with Gasteiger partial charge in [0.15, 0.2) is 0 Å². The Kier molecular flexibility index (Phi) is 1.61. The zero-order valence-corrected chi connectivity index (χ0v) is 6.76. The molecule has 2 N–H and O–H groups in total. The average molecular weight is 166 g/mol. The van der Waals surface area contributed by atoms with E-state index in [1.807, 2.05) is 0 Å². The second-order valence-electron chi connectivity index (χ2n) is 3.34. The molecule has 0 radical (unpaired) electrons. The summed E-state index contributed by atoms with van der Waals surface area (Å²) in [5.41, 5.74) is 6.40. The van der Waals surface area contributed by atoms with Gasteiger partial charge in [0.1, 0.15) is 5.82 Å². The van der Waals surface area contributed by atoms with Crippen molar-refractivity contribution in [2.24, 2.45) is 5.73 Å². The molecule has 12 heavy (non-hydrogen) atoms. The van der Waals surface area contributed by atoms with Crippen LogP contribution in [0.15, 0.2) is 18.3 Å². The minimum Gasteiger partial charge on any atom is -0.330 e. The first-order valence-corrected chi connectivity index (χ1v) is 4.09. The van der Waals surface area contributed by atoms with Crippen LogP contribution in [0.2, 0.25) is 0 Å². The number of hydrogen-bond donors (Lipinski definition) is 1. The Morgan fingerprint density at radius 2 is 2.33 bits per heavy atom. The molecule has 0 atom stereocenters. The molecule has 1 aliphatic rings. The van der Waals surface area contributed by atoms with Crippen LogP contribution in [0.25, 0.3) is 0 Å². The molecule has 2 nitrogen and oxygen atoms in total. The number of halogens is 1. The maximum atomic E-state index is 12.8. The van der Waals surface area contributed by atoms with Crippen molar-refractivity contribution in [2.75, 3.05) is 6.54 Å². The molecule has 1 heterocycles. The Labute approximate surface area is 70.6 Å². The van der Waals surface area contributed by atoms with E-state index in [4.69, 9.17) is 5.73 Å². The van der Waals surface area contributed by atoms with Gasteiger partial charge in [-0.3, -0.25) is 4.98 Å². The zero-order chi connectivity index (χ0) is 8.60. The highest BCUT2D eigenvalue weighted by atomic mass is 19.1. The van der Waals surface area contributed by atoms with Gasteiger partial charge in [-0.05, 0) is 25.0 Å². The fraction of sp³-hybridized carbons (Fsp3) is 0.444. The number of aromatic nitrogens is 1. The molecule has 3 heteroatoms. The minimum atomic E-state index is -0.222. The highest BCUT2D eigenvalue weighted by Gasteiger charge is 2.44. The van der Waals surface area contributed by atoms with Crippen molar-refractivity contribution in [2.45, 2.75) is 18.3 Å². The van der Waals surface area contributed by atoms with Crippen molar-refractivity contribution in [3.8, 4) is 0 Å². The van der Waals surface area contributed by atoms with E-state index in [0.717, 1.165) is 18.5 Å². The zero-order valence-electron chi connectivity index (χ0n) is 6.76. The van der Waals surface area contributed by atoms with Gasteiger partial charge in [-0.1, -0.05) is 0 Å². The number of hydrogen-bond acceptors (Lipinski definition) is 2. The van der Waals surface area contributed by atoms with Gasteiger partial charge in [0.25, 0.3) is 0 Å². The first kappa shape index (κ1) is 7.68. The lowest BCUT2D eigenvalue weighted by Gasteiger charge is -2.10. The summed E-state index contributed by atoms with van der Waals surface area (Å²) < 4.78 is 12.8. The summed E-state index contributed by atoms with van der Waals surface area (Å²) in [6.07, 6.45) is 3.58. The highest BCUT2D eigenvalue weighted by Crippen LogP contribution is 2.46. The van der Waals surface area contributed by atoms with E-state index in [1.165, 1.54) is 18.3 Å². The fourth-order valence-electron chi connectivity index (χ4n) is 1.41. The third kappa shape index (κ3) is 1.10. The van der Waals surface area contributed by atoms with Gasteiger partial charge in [-0.15, -0.1) is 0 Å². The van der Waals surface area contributed by atoms with Crippen LogP contribution in [0, 0.1) is 5.82 Å². The molecule has 0 saturated heterocycles. The van der Waals surface area contributed by atoms with Crippen molar-refractivity contribution >= 4 is 0 Å². The maximum absolute atomic E-state index is 12.8. The number of rotatable bonds is 2. The third-order valence-corrected chi connectivity index (χ3v) is 2.51. The molecule has 1 aromatic heterocycles. The van der Waals surface area contributed by atoms with E-state index >= 15 is 0 Å². The van der Waals surface area contributed by atoms with Gasteiger partial charge in [0.2, 0.25) is 0 Å². The van der Waals surface area contributed by atoms with Crippen LogP contribution < -0.4 is 5.73 Å². The smallest absolute Gasteiger partial charge is 0.126 e. The fourth-order valence-corrected chi connectivity index (χ4v) is 1.41. The first-order chi connectivity index (χ1) is 5.77. The van der Waals surface area contributed by atoms with E-state index in [-0.39, 0.29) is 11.2 Å². The lowest BCUT2D eigenvalue weighted by Crippen LogP contribution is -2.20. The van der Waals surface area contributed by atoms with Gasteiger partial charge in [0.05, 0.1) is 5.69 Å². The summed E-state index contributed by atoms with van der Waals surface area (Å²) in [4.78, 5) is 4.12. The SMILES string of the molecule is NCC1(c2cc(F)ccn2)CC1. The number of nitrogens with zero attached hydrogens (tertiary/aromatic N) is 1. The predicted molar refractivity (Wildman–Crippen MR) is 44.2 cm³/mol. The van der Waals surface area contributed by atoms with Gasteiger partial charge >= 0.3 is 0 Å². The third-order valence-electron chi connectivity index (χ3n) is 2.51. The molecule has 1 saturated carbocycles. The van der Waals surface area contributed by atoms with Crippen LogP contribution in [0.4, 0.5) is 4.39 Å². The topological polar surface area (TPSA) is 38.9 Å². The van der Waals surface area contributed by atoms with Gasteiger partial charge in [-0.2, -0.15) is 0 Å². The quantitative estimate of drug-likeness (QED) is 0.717. The van der Waals surface area contributed by atoms with E-state index in [1.54, 1.807) is 0 Å². The second-order valence-corrected chi connectivity index (χ2v) is 3.34. The van der Waals surface area contributed by atoms with Crippen LogP contribution in [0.1, 0.15) is 18.5 Å². The summed E-state index contributed by atoms with van der Waals surface area (Å²) >= 11 is 0. The van der Waals surface area contributed by atoms with Crippen LogP contribution >= 0.6 is 0 Å². The number of pyridine rings is 1. The van der Waals surface area contributed by atoms with Crippen molar-refractivity contribution in [1.82, 2.24) is 4.98 Å². The van der Waals surface area contributed by atoms with Crippen LogP contribution in [0.3, 0.4) is 0 Å². The standard InChI is InChI=1S/C9H11FN2/c10-7-1-4-12-8(5-7)9(6-11)2-3-9/h1,4-5H,2-3,6,11H2. The average Bonchev–Trinajstić information content (AvgIpc) is 2.84. The molecular formula is C9H11FN2. The van der Waals surface area contributed by atoms with Gasteiger partial charge in [0, 0.05) is 18.2 Å². The molecule has 0 amide bonds. The summed E-state index contributed by atoms with van der Waals surface area (Å²) in [5, 5.41) is 0. The van der Waals surface area contributed by atoms with Gasteiger partial charge < -0.3 is 5.73 Å². The molecule has 0 aromatic carbocycles. The summed E-state index contributed by atoms with van der Waals surface area (Å²) in [5.74, 6) is -0.222. The second kappa shape index (κ2) is 2.52. The van der Waals surface area contributed by atoms with Crippen molar-refractivity contribution < 1.29 is 4.39 Å². The Morgan fingerprint density at radius 1 is 1.58 bits per heavy atom. The minimum absolute atomic E-state index is 0.00208. The van der Waals surface area contributed by atoms with Crippen molar-refractivity contribution in [3.63, 3.8) is 0 Å². The number of nitrogens with two attached hydrogens (primary N) is 1. The lowest BCUT2D eigenvalue weighted by atomic mass is 10.0. The molecule has 1 aromatic rings. The lowest BCUT2D eigenvalue weighted by molar-refractivity contribution is 0.606. The molecule has 1 fully saturated rings. The molecule has 1 aliphatic carbocycles. The van der Waals surface area contributed by atoms with Crippen LogP contribution in [-0.2, 0) is 5.41 Å². The van der Waals surface area contributed by atoms with E-state index in [0.29, 0.717) is 6.54 Å². The molecular weight excluding hydrogens is 155 g/mol. The molecule has 0 unspecified atom stereocenters. The first-order valence-electron chi connectivity index (χ1n) is 4.09. The molecule has 0 spiro atoms. The van der Waals surface area contributed by atoms with E-state index in [9.17, 15) is 4.39 Å². The predicted octanol–water partition coefficient (Wildman–Crippen LogP) is 1.21. The molecule has 0 bridgehead atoms. The van der Waals surface area contributed by atoms with Crippen LogP contribution in [0.5, 0.6) is 0 Å². The Hall–Kier alpha value is -0.960. The van der Waals surface area contributed by atoms with E-state index in [2.05, 4.69) is 4.98 Å². The molecule has 0 aliphatic heterocycles. The highest BCUT2D eigenvalue weighted by molar-refractivity contribution is 5.25. The normalized spacial score (nSPS) is 19.2. The summed E-state index contributed by atoms with van der Waals surface area (Å²) in [6.45, 7) is 0.573. The van der Waals surface area contributed by atoms with E-state index < -0.39 is 0 Å². The Balaban J connectivity index is 2.34. The monoisotopic (exact) mass is 166 g/mol. The Bertz CT molecular complexity index is 294. The Morgan fingerprint density at radius 3 is 2.83 bits per heavy atom. The van der Waals surface area contributed by atoms with Crippen LogP contribution in [-0.4, -0.2) is 11.5 Å². The van der Waals surface area contributed by atoms with Crippen molar-refractivity contribution in [3.05, 3.63) is 29.8 Å². The van der Waals surface area contributed by atoms with Crippen molar-refractivity contribution in [1.29, 1.82) is 0 Å².